The number of imidazole rings is 1. The Morgan fingerprint density at radius 3 is 2.46 bits per heavy atom. The SMILES string of the molecule is CC(N(Cc1ccc2c(c1)nc(NC(=O)c1ccc(Cl)cc1)n2CC1CCCN1)C(=O)C(F)(F)F)C(C)(C)C. The first kappa shape index (κ1) is 28.9. The summed E-state index contributed by atoms with van der Waals surface area (Å²) >= 11 is 5.95. The summed E-state index contributed by atoms with van der Waals surface area (Å²) in [5, 5.41) is 6.83. The van der Waals surface area contributed by atoms with Crippen molar-refractivity contribution in [3.05, 3.63) is 58.6 Å². The molecule has 2 atom stereocenters. The van der Waals surface area contributed by atoms with Crippen molar-refractivity contribution in [2.45, 2.75) is 71.9 Å². The Hall–Kier alpha value is -3.11. The van der Waals surface area contributed by atoms with Gasteiger partial charge in [0.1, 0.15) is 0 Å². The van der Waals surface area contributed by atoms with E-state index in [1.54, 1.807) is 70.2 Å². The standard InChI is InChI=1S/C28H33ClF3N5O2/c1-17(27(2,3)4)36(25(39)28(30,31)32)15-18-7-12-23-22(14-18)34-26(37(23)16-21-6-5-13-33-21)35-24(38)19-8-10-20(29)11-9-19/h7-12,14,17,21,33H,5-6,13,15-16H2,1-4H3,(H,34,35,38). The van der Waals surface area contributed by atoms with Crippen LogP contribution in [0.25, 0.3) is 11.0 Å². The average Bonchev–Trinajstić information content (AvgIpc) is 3.49. The molecule has 2 aromatic carbocycles. The van der Waals surface area contributed by atoms with Crippen LogP contribution in [-0.4, -0.2) is 51.1 Å². The van der Waals surface area contributed by atoms with E-state index in [0.29, 0.717) is 34.2 Å². The van der Waals surface area contributed by atoms with Gasteiger partial charge in [0, 0.05) is 35.8 Å². The molecular weight excluding hydrogens is 531 g/mol. The number of carbonyl (C=O) groups excluding carboxylic acids is 2. The van der Waals surface area contributed by atoms with Gasteiger partial charge in [-0.1, -0.05) is 38.4 Å². The molecule has 2 N–H and O–H groups in total. The molecule has 39 heavy (non-hydrogen) atoms. The molecule has 0 bridgehead atoms. The molecule has 210 valence electrons. The first-order valence-corrected chi connectivity index (χ1v) is 13.3. The lowest BCUT2D eigenvalue weighted by atomic mass is 9.86. The summed E-state index contributed by atoms with van der Waals surface area (Å²) < 4.78 is 42.3. The number of nitrogens with one attached hydrogen (secondary N) is 2. The molecule has 0 spiro atoms. The number of aromatic nitrogens is 2. The van der Waals surface area contributed by atoms with Crippen LogP contribution in [0.3, 0.4) is 0 Å². The van der Waals surface area contributed by atoms with E-state index in [9.17, 15) is 22.8 Å². The lowest BCUT2D eigenvalue weighted by Crippen LogP contribution is -2.50. The van der Waals surface area contributed by atoms with E-state index < -0.39 is 23.5 Å². The summed E-state index contributed by atoms with van der Waals surface area (Å²) in [6.45, 7) is 8.25. The molecule has 0 saturated carbocycles. The van der Waals surface area contributed by atoms with E-state index in [1.165, 1.54) is 0 Å². The predicted octanol–water partition coefficient (Wildman–Crippen LogP) is 6.02. The molecule has 0 aliphatic carbocycles. The zero-order valence-corrected chi connectivity index (χ0v) is 23.2. The van der Waals surface area contributed by atoms with E-state index in [0.717, 1.165) is 29.8 Å². The Labute approximate surface area is 230 Å². The molecule has 0 radical (unpaired) electrons. The highest BCUT2D eigenvalue weighted by Gasteiger charge is 2.45. The molecule has 2 unspecified atom stereocenters. The Kier molecular flexibility index (Phi) is 8.28. The Balaban J connectivity index is 1.69. The van der Waals surface area contributed by atoms with E-state index in [2.05, 4.69) is 15.6 Å². The number of rotatable bonds is 7. The maximum atomic E-state index is 13.5. The predicted molar refractivity (Wildman–Crippen MR) is 146 cm³/mol. The van der Waals surface area contributed by atoms with Gasteiger partial charge in [-0.15, -0.1) is 0 Å². The second-order valence-corrected chi connectivity index (χ2v) is 11.5. The van der Waals surface area contributed by atoms with Gasteiger partial charge >= 0.3 is 12.1 Å². The third kappa shape index (κ3) is 6.73. The maximum absolute atomic E-state index is 13.5. The lowest BCUT2D eigenvalue weighted by molar-refractivity contribution is -0.190. The minimum absolute atomic E-state index is 0.195. The van der Waals surface area contributed by atoms with Crippen molar-refractivity contribution in [3.8, 4) is 0 Å². The van der Waals surface area contributed by atoms with Gasteiger partial charge < -0.3 is 14.8 Å². The van der Waals surface area contributed by atoms with Crippen LogP contribution in [-0.2, 0) is 17.9 Å². The van der Waals surface area contributed by atoms with Crippen LogP contribution in [0.2, 0.25) is 5.02 Å². The van der Waals surface area contributed by atoms with Gasteiger partial charge in [-0.25, -0.2) is 4.98 Å². The summed E-state index contributed by atoms with van der Waals surface area (Å²) in [7, 11) is 0. The van der Waals surface area contributed by atoms with Crippen molar-refractivity contribution >= 4 is 40.4 Å². The average molecular weight is 564 g/mol. The molecule has 1 aliphatic heterocycles. The Bertz CT molecular complexity index is 1340. The van der Waals surface area contributed by atoms with Crippen molar-refractivity contribution in [1.82, 2.24) is 19.8 Å². The lowest BCUT2D eigenvalue weighted by Gasteiger charge is -2.38. The smallest absolute Gasteiger partial charge is 0.327 e. The summed E-state index contributed by atoms with van der Waals surface area (Å²) in [5.74, 6) is -1.90. The number of nitrogens with zero attached hydrogens (tertiary/aromatic N) is 3. The van der Waals surface area contributed by atoms with Crippen molar-refractivity contribution in [2.24, 2.45) is 5.41 Å². The Morgan fingerprint density at radius 2 is 1.87 bits per heavy atom. The van der Waals surface area contributed by atoms with Crippen molar-refractivity contribution < 1.29 is 22.8 Å². The number of alkyl halides is 3. The van der Waals surface area contributed by atoms with Crippen LogP contribution in [0.4, 0.5) is 19.1 Å². The van der Waals surface area contributed by atoms with Gasteiger partial charge in [0.2, 0.25) is 5.95 Å². The molecule has 4 rings (SSSR count). The zero-order valence-electron chi connectivity index (χ0n) is 22.4. The van der Waals surface area contributed by atoms with Crippen molar-refractivity contribution in [1.29, 1.82) is 0 Å². The highest BCUT2D eigenvalue weighted by Crippen LogP contribution is 2.31. The van der Waals surface area contributed by atoms with Crippen LogP contribution < -0.4 is 10.6 Å². The first-order chi connectivity index (χ1) is 18.2. The number of amides is 2. The summed E-state index contributed by atoms with van der Waals surface area (Å²) in [5.41, 5.74) is 1.60. The topological polar surface area (TPSA) is 79.3 Å². The van der Waals surface area contributed by atoms with Gasteiger partial charge in [-0.3, -0.25) is 14.9 Å². The molecule has 3 aromatic rings. The van der Waals surface area contributed by atoms with E-state index in [4.69, 9.17) is 11.6 Å². The van der Waals surface area contributed by atoms with Crippen molar-refractivity contribution in [2.75, 3.05) is 11.9 Å². The monoisotopic (exact) mass is 563 g/mol. The van der Waals surface area contributed by atoms with Gasteiger partial charge in [0.25, 0.3) is 5.91 Å². The normalized spacial score (nSPS) is 16.9. The summed E-state index contributed by atoms with van der Waals surface area (Å²) in [6, 6.07) is 11.2. The maximum Gasteiger partial charge on any atom is 0.471 e. The van der Waals surface area contributed by atoms with E-state index in [-0.39, 0.29) is 18.5 Å². The number of anilines is 1. The largest absolute Gasteiger partial charge is 0.471 e. The van der Waals surface area contributed by atoms with Gasteiger partial charge in [-0.05, 0) is 73.7 Å². The highest BCUT2D eigenvalue weighted by atomic mass is 35.5. The Morgan fingerprint density at radius 1 is 1.18 bits per heavy atom. The number of carbonyl (C=O) groups is 2. The van der Waals surface area contributed by atoms with Crippen LogP contribution in [0.15, 0.2) is 42.5 Å². The molecule has 7 nitrogen and oxygen atoms in total. The van der Waals surface area contributed by atoms with Gasteiger partial charge in [0.15, 0.2) is 0 Å². The fraction of sp³-hybridized carbons (Fsp3) is 0.464. The molecule has 2 amide bonds. The molecule has 1 saturated heterocycles. The number of hydrogen-bond donors (Lipinski definition) is 2. The molecule has 1 fully saturated rings. The fourth-order valence-electron chi connectivity index (χ4n) is 4.67. The second kappa shape index (κ2) is 11.2. The second-order valence-electron chi connectivity index (χ2n) is 11.1. The van der Waals surface area contributed by atoms with E-state index >= 15 is 0 Å². The molecule has 1 aliphatic rings. The fourth-order valence-corrected chi connectivity index (χ4v) is 4.80. The zero-order chi connectivity index (χ0) is 28.5. The summed E-state index contributed by atoms with van der Waals surface area (Å²) in [6.07, 6.45) is -2.97. The molecule has 2 heterocycles. The summed E-state index contributed by atoms with van der Waals surface area (Å²) in [4.78, 5) is 30.8. The third-order valence-corrected chi connectivity index (χ3v) is 7.54. The van der Waals surface area contributed by atoms with Crippen LogP contribution in [0.5, 0.6) is 0 Å². The van der Waals surface area contributed by atoms with Crippen LogP contribution in [0, 0.1) is 5.41 Å². The number of fused-ring (bicyclic) bond motifs is 1. The minimum atomic E-state index is -4.99. The van der Waals surface area contributed by atoms with E-state index in [1.807, 2.05) is 4.57 Å². The number of benzene rings is 2. The van der Waals surface area contributed by atoms with Crippen LogP contribution >= 0.6 is 11.6 Å². The quantitative estimate of drug-likeness (QED) is 0.368. The number of halogens is 4. The first-order valence-electron chi connectivity index (χ1n) is 12.9. The highest BCUT2D eigenvalue weighted by molar-refractivity contribution is 6.30. The third-order valence-electron chi connectivity index (χ3n) is 7.29. The molecular formula is C28H33ClF3N5O2. The molecule has 1 aromatic heterocycles. The van der Waals surface area contributed by atoms with Crippen molar-refractivity contribution in [3.63, 3.8) is 0 Å². The molecule has 11 heteroatoms. The van der Waals surface area contributed by atoms with Gasteiger partial charge in [-0.2, -0.15) is 13.2 Å². The van der Waals surface area contributed by atoms with Crippen LogP contribution in [0.1, 0.15) is 56.5 Å². The van der Waals surface area contributed by atoms with Gasteiger partial charge in [0.05, 0.1) is 11.0 Å². The number of hydrogen-bond acceptors (Lipinski definition) is 4. The minimum Gasteiger partial charge on any atom is -0.327 e.